The first kappa shape index (κ1) is 18.8. The Morgan fingerprint density at radius 1 is 1.25 bits per heavy atom. The fraction of sp³-hybridized carbons (Fsp3) is 0.300. The molecule has 2 amide bonds. The zero-order chi connectivity index (χ0) is 19.5. The van der Waals surface area contributed by atoms with Crippen LogP contribution in [-0.4, -0.2) is 42.2 Å². The molecule has 0 bridgehead atoms. The number of rotatable bonds is 4. The summed E-state index contributed by atoms with van der Waals surface area (Å²) < 4.78 is 12.4. The van der Waals surface area contributed by atoms with Crippen molar-refractivity contribution in [1.29, 1.82) is 0 Å². The maximum atomic E-state index is 12.4. The molecule has 0 aliphatic carbocycles. The van der Waals surface area contributed by atoms with Crippen molar-refractivity contribution in [2.24, 2.45) is 0 Å². The number of likely N-dealkylation sites (tertiary alicyclic amines) is 1. The molecule has 1 aromatic heterocycles. The second kappa shape index (κ2) is 8.24. The van der Waals surface area contributed by atoms with E-state index in [2.05, 4.69) is 10.3 Å². The molecule has 2 aromatic carbocycles. The van der Waals surface area contributed by atoms with Crippen LogP contribution in [0.15, 0.2) is 42.5 Å². The number of aromatic nitrogens is 1. The number of nitrogens with one attached hydrogen (secondary N) is 1. The number of ether oxygens (including phenoxy) is 2. The Kier molecular flexibility index (Phi) is 5.54. The summed E-state index contributed by atoms with van der Waals surface area (Å²) in [5.41, 5.74) is 1.60. The summed E-state index contributed by atoms with van der Waals surface area (Å²) in [5, 5.41) is 4.14. The Labute approximate surface area is 172 Å². The first-order chi connectivity index (χ1) is 13.6. The highest BCUT2D eigenvalue weighted by atomic mass is 35.5. The first-order valence-electron chi connectivity index (χ1n) is 9.03. The minimum Gasteiger partial charge on any atom is -0.497 e. The standard InChI is InChI=1S/C20H20ClN3O3S/c1-26-16-5-6-17-18(12-16)28-20(23-17)27-15-7-9-24(10-8-15)19(25)22-14-4-2-3-13(21)11-14/h2-6,11-12,15H,7-10H2,1H3,(H,22,25). The predicted molar refractivity (Wildman–Crippen MR) is 112 cm³/mol. The van der Waals surface area contributed by atoms with Crippen LogP contribution >= 0.6 is 22.9 Å². The largest absolute Gasteiger partial charge is 0.497 e. The normalized spacial score (nSPS) is 14.9. The molecule has 6 nitrogen and oxygen atoms in total. The summed E-state index contributed by atoms with van der Waals surface area (Å²) in [5.74, 6) is 0.807. The molecule has 146 valence electrons. The number of methoxy groups -OCH3 is 1. The van der Waals surface area contributed by atoms with Crippen molar-refractivity contribution in [3.05, 3.63) is 47.5 Å². The Balaban J connectivity index is 1.32. The average Bonchev–Trinajstić information content (AvgIpc) is 3.09. The van der Waals surface area contributed by atoms with Crippen molar-refractivity contribution in [3.63, 3.8) is 0 Å². The molecule has 0 atom stereocenters. The summed E-state index contributed by atoms with van der Waals surface area (Å²) in [6.45, 7) is 1.27. The SMILES string of the molecule is COc1ccc2nc(OC3CCN(C(=O)Nc4cccc(Cl)c4)CC3)sc2c1. The van der Waals surface area contributed by atoms with Crippen molar-refractivity contribution in [2.45, 2.75) is 18.9 Å². The third-order valence-electron chi connectivity index (χ3n) is 4.65. The van der Waals surface area contributed by atoms with E-state index in [1.807, 2.05) is 30.3 Å². The smallest absolute Gasteiger partial charge is 0.321 e. The molecule has 1 N–H and O–H groups in total. The lowest BCUT2D eigenvalue weighted by molar-refractivity contribution is 0.115. The van der Waals surface area contributed by atoms with Gasteiger partial charge >= 0.3 is 6.03 Å². The van der Waals surface area contributed by atoms with Gasteiger partial charge in [-0.25, -0.2) is 9.78 Å². The molecule has 3 aromatic rings. The number of hydrogen-bond acceptors (Lipinski definition) is 5. The van der Waals surface area contributed by atoms with Crippen molar-refractivity contribution in [1.82, 2.24) is 9.88 Å². The Hall–Kier alpha value is -2.51. The van der Waals surface area contributed by atoms with Gasteiger partial charge in [0.2, 0.25) is 0 Å². The second-order valence-corrected chi connectivity index (χ2v) is 7.99. The van der Waals surface area contributed by atoms with Crippen LogP contribution < -0.4 is 14.8 Å². The topological polar surface area (TPSA) is 63.7 Å². The second-order valence-electron chi connectivity index (χ2n) is 6.56. The lowest BCUT2D eigenvalue weighted by Gasteiger charge is -2.31. The molecule has 8 heteroatoms. The summed E-state index contributed by atoms with van der Waals surface area (Å²) in [6.07, 6.45) is 1.59. The molecule has 1 saturated heterocycles. The fourth-order valence-electron chi connectivity index (χ4n) is 3.15. The molecule has 2 heterocycles. The van der Waals surface area contributed by atoms with E-state index in [4.69, 9.17) is 21.1 Å². The first-order valence-corrected chi connectivity index (χ1v) is 10.2. The van der Waals surface area contributed by atoms with Gasteiger partial charge in [-0.05, 0) is 36.4 Å². The van der Waals surface area contributed by atoms with Gasteiger partial charge in [-0.15, -0.1) is 0 Å². The van der Waals surface area contributed by atoms with Gasteiger partial charge in [-0.3, -0.25) is 0 Å². The van der Waals surface area contributed by atoms with Gasteiger partial charge in [0.25, 0.3) is 5.19 Å². The molecule has 4 rings (SSSR count). The highest BCUT2D eigenvalue weighted by Crippen LogP contribution is 2.32. The highest BCUT2D eigenvalue weighted by molar-refractivity contribution is 7.20. The monoisotopic (exact) mass is 417 g/mol. The van der Waals surface area contributed by atoms with E-state index in [9.17, 15) is 4.79 Å². The van der Waals surface area contributed by atoms with Gasteiger partial charge < -0.3 is 19.7 Å². The van der Waals surface area contributed by atoms with Crippen LogP contribution in [0, 0.1) is 0 Å². The van der Waals surface area contributed by atoms with E-state index in [1.54, 1.807) is 24.1 Å². The maximum Gasteiger partial charge on any atom is 0.321 e. The Morgan fingerprint density at radius 2 is 2.07 bits per heavy atom. The molecule has 1 aliphatic heterocycles. The van der Waals surface area contributed by atoms with E-state index < -0.39 is 0 Å². The number of hydrogen-bond donors (Lipinski definition) is 1. The Morgan fingerprint density at radius 3 is 2.82 bits per heavy atom. The number of urea groups is 1. The molecular weight excluding hydrogens is 398 g/mol. The van der Waals surface area contributed by atoms with E-state index in [0.717, 1.165) is 28.8 Å². The van der Waals surface area contributed by atoms with Gasteiger partial charge in [-0.2, -0.15) is 0 Å². The molecule has 0 radical (unpaired) electrons. The zero-order valence-corrected chi connectivity index (χ0v) is 16.9. The number of anilines is 1. The van der Waals surface area contributed by atoms with E-state index in [0.29, 0.717) is 29.0 Å². The number of thiazole rings is 1. The third kappa shape index (κ3) is 4.31. The summed E-state index contributed by atoms with van der Waals surface area (Å²) >= 11 is 7.48. The van der Waals surface area contributed by atoms with Crippen LogP contribution in [0.1, 0.15) is 12.8 Å². The van der Waals surface area contributed by atoms with Crippen LogP contribution in [0.4, 0.5) is 10.5 Å². The number of amides is 2. The molecule has 0 saturated carbocycles. The number of halogens is 1. The van der Waals surface area contributed by atoms with E-state index >= 15 is 0 Å². The van der Waals surface area contributed by atoms with Crippen LogP contribution in [0.5, 0.6) is 10.9 Å². The van der Waals surface area contributed by atoms with E-state index in [1.165, 1.54) is 11.3 Å². The van der Waals surface area contributed by atoms with Gasteiger partial charge in [0, 0.05) is 36.6 Å². The minimum absolute atomic E-state index is 0.0534. The molecular formula is C20H20ClN3O3S. The highest BCUT2D eigenvalue weighted by Gasteiger charge is 2.25. The molecule has 1 fully saturated rings. The lowest BCUT2D eigenvalue weighted by Crippen LogP contribution is -2.43. The number of carbonyl (C=O) groups excluding carboxylic acids is 1. The molecule has 1 aliphatic rings. The summed E-state index contributed by atoms with van der Waals surface area (Å²) in [4.78, 5) is 18.8. The number of fused-ring (bicyclic) bond motifs is 1. The van der Waals surface area contributed by atoms with Gasteiger partial charge in [0.15, 0.2) is 0 Å². The van der Waals surface area contributed by atoms with Crippen LogP contribution in [0.25, 0.3) is 10.2 Å². The van der Waals surface area contributed by atoms with Crippen LogP contribution in [0.3, 0.4) is 0 Å². The van der Waals surface area contributed by atoms with Gasteiger partial charge in [0.1, 0.15) is 11.9 Å². The van der Waals surface area contributed by atoms with Crippen molar-refractivity contribution < 1.29 is 14.3 Å². The van der Waals surface area contributed by atoms with Crippen molar-refractivity contribution >= 4 is 44.9 Å². The number of benzene rings is 2. The van der Waals surface area contributed by atoms with Crippen LogP contribution in [-0.2, 0) is 0 Å². The maximum absolute atomic E-state index is 12.4. The summed E-state index contributed by atoms with van der Waals surface area (Å²) in [7, 11) is 1.65. The number of nitrogens with zero attached hydrogens (tertiary/aromatic N) is 2. The molecule has 0 spiro atoms. The number of carbonyl (C=O) groups is 1. The lowest BCUT2D eigenvalue weighted by atomic mass is 10.1. The summed E-state index contributed by atoms with van der Waals surface area (Å²) in [6, 6.07) is 12.8. The fourth-order valence-corrected chi connectivity index (χ4v) is 4.25. The molecule has 28 heavy (non-hydrogen) atoms. The van der Waals surface area contributed by atoms with Gasteiger partial charge in [0.05, 0.1) is 17.3 Å². The van der Waals surface area contributed by atoms with Crippen molar-refractivity contribution in [2.75, 3.05) is 25.5 Å². The van der Waals surface area contributed by atoms with Gasteiger partial charge in [-0.1, -0.05) is 29.0 Å². The minimum atomic E-state index is -0.118. The zero-order valence-electron chi connectivity index (χ0n) is 15.4. The van der Waals surface area contributed by atoms with E-state index in [-0.39, 0.29) is 12.1 Å². The predicted octanol–water partition coefficient (Wildman–Crippen LogP) is 5.03. The number of piperidine rings is 1. The Bertz CT molecular complexity index is 986. The third-order valence-corrected chi connectivity index (χ3v) is 5.79. The quantitative estimate of drug-likeness (QED) is 0.646. The van der Waals surface area contributed by atoms with Crippen molar-refractivity contribution in [3.8, 4) is 10.9 Å². The molecule has 0 unspecified atom stereocenters. The van der Waals surface area contributed by atoms with Crippen LogP contribution in [0.2, 0.25) is 5.02 Å². The average molecular weight is 418 g/mol.